The van der Waals surface area contributed by atoms with Gasteiger partial charge < -0.3 is 3.07 Å². The lowest BCUT2D eigenvalue weighted by Crippen LogP contribution is -1.93. The van der Waals surface area contributed by atoms with E-state index in [1.54, 1.807) is 0 Å². The molecule has 0 aliphatic carbocycles. The number of hydrogen-bond donors (Lipinski definition) is 1. The second-order valence-electron chi connectivity index (χ2n) is 2.71. The van der Waals surface area contributed by atoms with Crippen LogP contribution >= 0.6 is 23.0 Å². The van der Waals surface area contributed by atoms with Crippen LogP contribution in [0.5, 0.6) is 0 Å². The quantitative estimate of drug-likeness (QED) is 0.853. The van der Waals surface area contributed by atoms with Crippen LogP contribution in [0.3, 0.4) is 0 Å². The normalized spacial score (nSPS) is 10.9. The van der Waals surface area contributed by atoms with Crippen LogP contribution in [0, 0.1) is 0 Å². The lowest BCUT2D eigenvalue weighted by molar-refractivity contribution is 0.407. The fourth-order valence-electron chi connectivity index (χ4n) is 0.990. The number of hydrogen-bond acceptors (Lipinski definition) is 2. The zero-order valence-electron chi connectivity index (χ0n) is 6.60. The van der Waals surface area contributed by atoms with Gasteiger partial charge in [-0.15, -0.1) is 0 Å². The average Bonchev–Trinajstić information content (AvgIpc) is 2.36. The Morgan fingerprint density at radius 2 is 2.45 bits per heavy atom. The molecular weight excluding hydrogens is 255 g/mol. The highest BCUT2D eigenvalue weighted by Crippen LogP contribution is 2.17. The third-order valence-electron chi connectivity index (χ3n) is 1.57. The molecule has 0 radical (unpaired) electrons. The third kappa shape index (κ3) is 2.16. The number of aromatic nitrogens is 2. The number of aromatic amines is 1. The highest BCUT2D eigenvalue weighted by Gasteiger charge is 2.07. The molecular formula is C7H11IN2O. The summed E-state index contributed by atoms with van der Waals surface area (Å²) in [5.41, 5.74) is 2.32. The minimum atomic E-state index is 0.510. The second-order valence-corrected chi connectivity index (χ2v) is 3.33. The zero-order valence-corrected chi connectivity index (χ0v) is 8.75. The molecule has 1 heterocycles. The van der Waals surface area contributed by atoms with E-state index >= 15 is 0 Å². The standard InChI is InChI=1S/C7H11IN2O/c1-5(2)6-3-9-10-7(6)4-11-8/h3,5H,4H2,1-2H3,(H,9,10). The number of nitrogens with one attached hydrogen (secondary N) is 1. The molecule has 3 nitrogen and oxygen atoms in total. The van der Waals surface area contributed by atoms with Gasteiger partial charge in [0.05, 0.1) is 11.9 Å². The molecule has 0 unspecified atom stereocenters. The van der Waals surface area contributed by atoms with E-state index in [0.717, 1.165) is 5.69 Å². The molecule has 1 N–H and O–H groups in total. The van der Waals surface area contributed by atoms with Crippen LogP contribution in [0.4, 0.5) is 0 Å². The molecule has 0 atom stereocenters. The first kappa shape index (κ1) is 8.99. The summed E-state index contributed by atoms with van der Waals surface area (Å²) in [5.74, 6) is 0.510. The first-order valence-corrected chi connectivity index (χ1v) is 4.39. The molecule has 0 aliphatic rings. The van der Waals surface area contributed by atoms with Gasteiger partial charge in [-0.05, 0) is 11.5 Å². The van der Waals surface area contributed by atoms with Gasteiger partial charge in [-0.3, -0.25) is 5.10 Å². The van der Waals surface area contributed by atoms with Crippen LogP contribution in [0.25, 0.3) is 0 Å². The minimum Gasteiger partial charge on any atom is -0.309 e. The summed E-state index contributed by atoms with van der Waals surface area (Å²) >= 11 is 1.88. The Hall–Kier alpha value is -0.100. The fourth-order valence-corrected chi connectivity index (χ4v) is 1.30. The Morgan fingerprint density at radius 1 is 1.73 bits per heavy atom. The summed E-state index contributed by atoms with van der Waals surface area (Å²) in [6.07, 6.45) is 1.86. The molecule has 0 bridgehead atoms. The van der Waals surface area contributed by atoms with Gasteiger partial charge >= 0.3 is 0 Å². The van der Waals surface area contributed by atoms with Gasteiger partial charge in [-0.2, -0.15) is 5.10 Å². The maximum atomic E-state index is 4.98. The maximum Gasteiger partial charge on any atom is 0.110 e. The van der Waals surface area contributed by atoms with E-state index in [-0.39, 0.29) is 0 Å². The van der Waals surface area contributed by atoms with E-state index in [0.29, 0.717) is 12.5 Å². The van der Waals surface area contributed by atoms with Crippen molar-refractivity contribution < 1.29 is 3.07 Å². The van der Waals surface area contributed by atoms with Crippen LogP contribution in [0.2, 0.25) is 0 Å². The first-order chi connectivity index (χ1) is 5.25. The van der Waals surface area contributed by atoms with E-state index in [2.05, 4.69) is 24.0 Å². The molecule has 4 heteroatoms. The second kappa shape index (κ2) is 4.06. The number of H-pyrrole nitrogens is 1. The van der Waals surface area contributed by atoms with Gasteiger partial charge in [0.2, 0.25) is 0 Å². The predicted octanol–water partition coefficient (Wildman–Crippen LogP) is 2.40. The Bertz CT molecular complexity index is 222. The highest BCUT2D eigenvalue weighted by atomic mass is 127. The topological polar surface area (TPSA) is 37.9 Å². The van der Waals surface area contributed by atoms with Crippen molar-refractivity contribution in [2.24, 2.45) is 0 Å². The summed E-state index contributed by atoms with van der Waals surface area (Å²) in [6.45, 7) is 4.89. The Kier molecular flexibility index (Phi) is 3.32. The molecule has 1 aromatic rings. The van der Waals surface area contributed by atoms with Gasteiger partial charge in [0, 0.05) is 0 Å². The van der Waals surface area contributed by atoms with Crippen molar-refractivity contribution in [2.45, 2.75) is 26.4 Å². The maximum absolute atomic E-state index is 4.98. The van der Waals surface area contributed by atoms with Gasteiger partial charge in [-0.1, -0.05) is 13.8 Å². The predicted molar refractivity (Wildman–Crippen MR) is 51.5 cm³/mol. The van der Waals surface area contributed by atoms with Gasteiger partial charge in [-0.25, -0.2) is 0 Å². The molecule has 62 valence electrons. The monoisotopic (exact) mass is 266 g/mol. The Balaban J connectivity index is 2.78. The van der Waals surface area contributed by atoms with E-state index in [4.69, 9.17) is 3.07 Å². The molecule has 11 heavy (non-hydrogen) atoms. The molecule has 0 fully saturated rings. The van der Waals surface area contributed by atoms with Crippen LogP contribution < -0.4 is 0 Å². The van der Waals surface area contributed by atoms with E-state index in [1.165, 1.54) is 5.56 Å². The third-order valence-corrected chi connectivity index (χ3v) is 1.88. The lowest BCUT2D eigenvalue weighted by atomic mass is 10.1. The smallest absolute Gasteiger partial charge is 0.110 e. The lowest BCUT2D eigenvalue weighted by Gasteiger charge is -2.03. The SMILES string of the molecule is CC(C)c1cn[nH]c1COI. The molecule has 1 rings (SSSR count). The van der Waals surface area contributed by atoms with E-state index in [1.807, 2.05) is 29.2 Å². The summed E-state index contributed by atoms with van der Waals surface area (Å²) in [7, 11) is 0. The molecule has 1 aromatic heterocycles. The molecule has 0 aliphatic heterocycles. The summed E-state index contributed by atoms with van der Waals surface area (Å²) in [5, 5.41) is 6.86. The highest BCUT2D eigenvalue weighted by molar-refractivity contribution is 14.1. The van der Waals surface area contributed by atoms with Gasteiger partial charge in [0.25, 0.3) is 0 Å². The van der Waals surface area contributed by atoms with E-state index < -0.39 is 0 Å². The minimum absolute atomic E-state index is 0.510. The van der Waals surface area contributed by atoms with Crippen molar-refractivity contribution in [3.63, 3.8) is 0 Å². The van der Waals surface area contributed by atoms with E-state index in [9.17, 15) is 0 Å². The number of nitrogens with zero attached hydrogens (tertiary/aromatic N) is 1. The number of rotatable bonds is 3. The zero-order chi connectivity index (χ0) is 8.27. The summed E-state index contributed by atoms with van der Waals surface area (Å²) in [6, 6.07) is 0. The van der Waals surface area contributed by atoms with Crippen LogP contribution in [-0.2, 0) is 9.67 Å². The van der Waals surface area contributed by atoms with Crippen LogP contribution in [-0.4, -0.2) is 10.2 Å². The van der Waals surface area contributed by atoms with Crippen molar-refractivity contribution in [3.8, 4) is 0 Å². The largest absolute Gasteiger partial charge is 0.309 e. The fraction of sp³-hybridized carbons (Fsp3) is 0.571. The molecule has 0 saturated heterocycles. The Morgan fingerprint density at radius 3 is 3.00 bits per heavy atom. The summed E-state index contributed by atoms with van der Waals surface area (Å²) in [4.78, 5) is 0. The van der Waals surface area contributed by atoms with Crippen molar-refractivity contribution >= 4 is 23.0 Å². The first-order valence-electron chi connectivity index (χ1n) is 3.51. The van der Waals surface area contributed by atoms with Crippen molar-refractivity contribution in [1.82, 2.24) is 10.2 Å². The van der Waals surface area contributed by atoms with Crippen molar-refractivity contribution in [3.05, 3.63) is 17.5 Å². The average molecular weight is 266 g/mol. The molecule has 0 amide bonds. The van der Waals surface area contributed by atoms with Gasteiger partial charge in [0.1, 0.15) is 29.6 Å². The van der Waals surface area contributed by atoms with Crippen LogP contribution in [0.15, 0.2) is 6.20 Å². The molecule has 0 aromatic carbocycles. The van der Waals surface area contributed by atoms with Crippen molar-refractivity contribution in [1.29, 1.82) is 0 Å². The Labute approximate surface area is 80.2 Å². The number of halogens is 1. The molecule has 0 spiro atoms. The van der Waals surface area contributed by atoms with Gasteiger partial charge in [0.15, 0.2) is 0 Å². The summed E-state index contributed by atoms with van der Waals surface area (Å²) < 4.78 is 4.98. The molecule has 0 saturated carbocycles. The van der Waals surface area contributed by atoms with Crippen molar-refractivity contribution in [2.75, 3.05) is 0 Å². The van der Waals surface area contributed by atoms with Crippen LogP contribution in [0.1, 0.15) is 31.0 Å².